The first-order valence-corrected chi connectivity index (χ1v) is 9.47. The summed E-state index contributed by atoms with van der Waals surface area (Å²) in [5, 5.41) is 3.31. The number of hydrogen-bond donors (Lipinski definition) is 1. The van der Waals surface area contributed by atoms with Gasteiger partial charge in [0.15, 0.2) is 9.84 Å². The molecule has 1 fully saturated rings. The quantitative estimate of drug-likeness (QED) is 0.654. The number of rotatable bonds is 5. The maximum atomic E-state index is 11.3. The Bertz CT molecular complexity index is 487. The molecule has 100 valence electrons. The molecule has 1 saturated heterocycles. The Morgan fingerprint density at radius 2 is 2.06 bits per heavy atom. The van der Waals surface area contributed by atoms with E-state index < -0.39 is 9.84 Å². The number of nitrogens with one attached hydrogen (secondary N) is 1. The van der Waals surface area contributed by atoms with Crippen molar-refractivity contribution in [1.29, 1.82) is 0 Å². The SMILES string of the molecule is O=S1(=O)CCC(NCCSc2ccc(Br)cc2)C1. The van der Waals surface area contributed by atoms with Crippen LogP contribution in [0.1, 0.15) is 6.42 Å². The molecule has 0 spiro atoms. The Hall–Kier alpha value is -0.0400. The van der Waals surface area contributed by atoms with Crippen LogP contribution in [0.15, 0.2) is 33.6 Å². The van der Waals surface area contributed by atoms with Gasteiger partial charge in [0.25, 0.3) is 0 Å². The molecule has 0 bridgehead atoms. The lowest BCUT2D eigenvalue weighted by molar-refractivity contribution is 0.575. The molecule has 0 aliphatic carbocycles. The van der Waals surface area contributed by atoms with Gasteiger partial charge in [-0.2, -0.15) is 0 Å². The molecule has 1 heterocycles. The minimum Gasteiger partial charge on any atom is -0.312 e. The second kappa shape index (κ2) is 6.41. The van der Waals surface area contributed by atoms with Gasteiger partial charge in [-0.3, -0.25) is 0 Å². The van der Waals surface area contributed by atoms with Crippen molar-refractivity contribution in [2.75, 3.05) is 23.8 Å². The fraction of sp³-hybridized carbons (Fsp3) is 0.500. The molecule has 1 aromatic rings. The molecule has 2 rings (SSSR count). The third kappa shape index (κ3) is 4.57. The summed E-state index contributed by atoms with van der Waals surface area (Å²) < 4.78 is 23.6. The average molecular weight is 350 g/mol. The van der Waals surface area contributed by atoms with Crippen LogP contribution < -0.4 is 5.32 Å². The average Bonchev–Trinajstić information content (AvgIpc) is 2.67. The minimum absolute atomic E-state index is 0.153. The van der Waals surface area contributed by atoms with Crippen LogP contribution in [0.2, 0.25) is 0 Å². The van der Waals surface area contributed by atoms with Crippen LogP contribution >= 0.6 is 27.7 Å². The van der Waals surface area contributed by atoms with Gasteiger partial charge in [-0.1, -0.05) is 15.9 Å². The predicted molar refractivity (Wildman–Crippen MR) is 79.9 cm³/mol. The van der Waals surface area contributed by atoms with Crippen molar-refractivity contribution >= 4 is 37.5 Å². The van der Waals surface area contributed by atoms with E-state index in [1.54, 1.807) is 11.8 Å². The van der Waals surface area contributed by atoms with E-state index in [9.17, 15) is 8.42 Å². The fourth-order valence-corrected chi connectivity index (χ4v) is 4.68. The summed E-state index contributed by atoms with van der Waals surface area (Å²) in [6, 6.07) is 8.36. The van der Waals surface area contributed by atoms with Crippen molar-refractivity contribution in [3.63, 3.8) is 0 Å². The largest absolute Gasteiger partial charge is 0.312 e. The zero-order valence-electron chi connectivity index (χ0n) is 9.93. The van der Waals surface area contributed by atoms with Crippen molar-refractivity contribution in [1.82, 2.24) is 5.32 Å². The molecule has 18 heavy (non-hydrogen) atoms. The van der Waals surface area contributed by atoms with E-state index in [0.717, 1.165) is 23.2 Å². The second-order valence-electron chi connectivity index (χ2n) is 4.36. The molecule has 3 nitrogen and oxygen atoms in total. The zero-order valence-corrected chi connectivity index (χ0v) is 13.2. The Kier molecular flexibility index (Phi) is 5.12. The Balaban J connectivity index is 1.66. The van der Waals surface area contributed by atoms with Gasteiger partial charge in [0.2, 0.25) is 0 Å². The van der Waals surface area contributed by atoms with E-state index in [1.807, 2.05) is 12.1 Å². The van der Waals surface area contributed by atoms with Gasteiger partial charge in [-0.15, -0.1) is 11.8 Å². The maximum Gasteiger partial charge on any atom is 0.151 e. The molecular formula is C12H16BrNO2S2. The summed E-state index contributed by atoms with van der Waals surface area (Å²) in [5.74, 6) is 1.60. The summed E-state index contributed by atoms with van der Waals surface area (Å²) >= 11 is 5.18. The molecule has 1 aliphatic rings. The van der Waals surface area contributed by atoms with Gasteiger partial charge < -0.3 is 5.32 Å². The second-order valence-corrected chi connectivity index (χ2v) is 8.67. The fourth-order valence-electron chi connectivity index (χ4n) is 1.92. The summed E-state index contributed by atoms with van der Waals surface area (Å²) in [4.78, 5) is 1.24. The lowest BCUT2D eigenvalue weighted by atomic mass is 10.3. The van der Waals surface area contributed by atoms with Gasteiger partial charge in [-0.05, 0) is 30.7 Å². The van der Waals surface area contributed by atoms with Gasteiger partial charge in [0.05, 0.1) is 11.5 Å². The van der Waals surface area contributed by atoms with E-state index in [0.29, 0.717) is 11.5 Å². The lowest BCUT2D eigenvalue weighted by Gasteiger charge is -2.10. The summed E-state index contributed by atoms with van der Waals surface area (Å²) in [5.41, 5.74) is 0. The van der Waals surface area contributed by atoms with Gasteiger partial charge >= 0.3 is 0 Å². The Morgan fingerprint density at radius 1 is 1.33 bits per heavy atom. The van der Waals surface area contributed by atoms with Crippen molar-refractivity contribution in [2.24, 2.45) is 0 Å². The molecule has 0 aromatic heterocycles. The highest BCUT2D eigenvalue weighted by Gasteiger charge is 2.26. The highest BCUT2D eigenvalue weighted by molar-refractivity contribution is 9.10. The molecular weight excluding hydrogens is 334 g/mol. The first kappa shape index (κ1) is 14.4. The number of hydrogen-bond acceptors (Lipinski definition) is 4. The van der Waals surface area contributed by atoms with E-state index in [2.05, 4.69) is 33.4 Å². The van der Waals surface area contributed by atoms with E-state index in [1.165, 1.54) is 4.90 Å². The van der Waals surface area contributed by atoms with Crippen molar-refractivity contribution in [3.05, 3.63) is 28.7 Å². The van der Waals surface area contributed by atoms with Crippen LogP contribution in [0.5, 0.6) is 0 Å². The third-order valence-corrected chi connectivity index (χ3v) is 6.16. The van der Waals surface area contributed by atoms with Crippen molar-refractivity contribution in [2.45, 2.75) is 17.4 Å². The van der Waals surface area contributed by atoms with Gasteiger partial charge in [-0.25, -0.2) is 8.42 Å². The molecule has 0 saturated carbocycles. The van der Waals surface area contributed by atoms with E-state index >= 15 is 0 Å². The van der Waals surface area contributed by atoms with Crippen molar-refractivity contribution < 1.29 is 8.42 Å². The first-order valence-electron chi connectivity index (χ1n) is 5.87. The van der Waals surface area contributed by atoms with Gasteiger partial charge in [0.1, 0.15) is 0 Å². The highest BCUT2D eigenvalue weighted by Crippen LogP contribution is 2.20. The van der Waals surface area contributed by atoms with E-state index in [-0.39, 0.29) is 6.04 Å². The Labute approximate surface area is 121 Å². The number of halogens is 1. The van der Waals surface area contributed by atoms with Crippen LogP contribution in [-0.2, 0) is 9.84 Å². The lowest BCUT2D eigenvalue weighted by Crippen LogP contribution is -2.31. The highest BCUT2D eigenvalue weighted by atomic mass is 79.9. The van der Waals surface area contributed by atoms with Crippen LogP contribution in [0, 0.1) is 0 Å². The first-order chi connectivity index (χ1) is 8.55. The molecule has 0 radical (unpaired) electrons. The van der Waals surface area contributed by atoms with Crippen LogP contribution in [0.25, 0.3) is 0 Å². The molecule has 1 atom stereocenters. The van der Waals surface area contributed by atoms with E-state index in [4.69, 9.17) is 0 Å². The number of thioether (sulfide) groups is 1. The monoisotopic (exact) mass is 349 g/mol. The summed E-state index contributed by atoms with van der Waals surface area (Å²) in [6.45, 7) is 0.848. The van der Waals surface area contributed by atoms with Gasteiger partial charge in [0, 0.05) is 27.7 Å². The summed E-state index contributed by atoms with van der Waals surface area (Å²) in [6.07, 6.45) is 0.755. The molecule has 1 unspecified atom stereocenters. The molecule has 1 aromatic carbocycles. The summed E-state index contributed by atoms with van der Waals surface area (Å²) in [7, 11) is -2.76. The van der Waals surface area contributed by atoms with Crippen molar-refractivity contribution in [3.8, 4) is 0 Å². The maximum absolute atomic E-state index is 11.3. The van der Waals surface area contributed by atoms with Crippen LogP contribution in [0.4, 0.5) is 0 Å². The van der Waals surface area contributed by atoms with Crippen LogP contribution in [0.3, 0.4) is 0 Å². The normalized spacial score (nSPS) is 22.2. The number of sulfone groups is 1. The standard InChI is InChI=1S/C12H16BrNO2S2/c13-10-1-3-12(4-2-10)17-7-6-14-11-5-8-18(15,16)9-11/h1-4,11,14H,5-9H2. The smallest absolute Gasteiger partial charge is 0.151 e. The molecule has 1 aliphatic heterocycles. The zero-order chi connectivity index (χ0) is 13.0. The predicted octanol–water partition coefficient (Wildman–Crippen LogP) is 2.32. The topological polar surface area (TPSA) is 46.2 Å². The third-order valence-electron chi connectivity index (χ3n) is 2.85. The minimum atomic E-state index is -2.76. The number of benzene rings is 1. The Morgan fingerprint density at radius 3 is 2.67 bits per heavy atom. The molecule has 6 heteroatoms. The van der Waals surface area contributed by atoms with Crippen LogP contribution in [-0.4, -0.2) is 38.3 Å². The molecule has 1 N–H and O–H groups in total. The molecule has 0 amide bonds.